The van der Waals surface area contributed by atoms with Crippen LogP contribution in [0.3, 0.4) is 0 Å². The van der Waals surface area contributed by atoms with Crippen LogP contribution in [0.5, 0.6) is 0 Å². The van der Waals surface area contributed by atoms with Crippen molar-refractivity contribution in [2.75, 3.05) is 29.9 Å². The maximum absolute atomic E-state index is 11.9. The topological polar surface area (TPSA) is 100 Å². The van der Waals surface area contributed by atoms with Crippen LogP contribution in [-0.4, -0.2) is 41.6 Å². The van der Waals surface area contributed by atoms with E-state index in [2.05, 4.69) is 25.7 Å². The number of aromatic nitrogens is 2. The van der Waals surface area contributed by atoms with E-state index in [0.717, 1.165) is 31.7 Å². The van der Waals surface area contributed by atoms with Gasteiger partial charge in [0, 0.05) is 31.9 Å². The molecule has 1 saturated heterocycles. The molecule has 8 heteroatoms. The van der Waals surface area contributed by atoms with Crippen LogP contribution in [0.25, 0.3) is 0 Å². The number of aryl methyl sites for hydroxylation is 1. The Balaban J connectivity index is 1.40. The van der Waals surface area contributed by atoms with Gasteiger partial charge in [0.15, 0.2) is 5.82 Å². The molecule has 0 aromatic carbocycles. The smallest absolute Gasteiger partial charge is 0.314 e. The molecular weight excluding hydrogens is 322 g/mol. The van der Waals surface area contributed by atoms with Gasteiger partial charge in [-0.25, -0.2) is 4.98 Å². The summed E-state index contributed by atoms with van der Waals surface area (Å²) in [5, 5.41) is 8.72. The fraction of sp³-hybridized carbons (Fsp3) is 0.412. The van der Waals surface area contributed by atoms with E-state index in [1.807, 2.05) is 18.2 Å². The van der Waals surface area contributed by atoms with Crippen molar-refractivity contribution in [3.8, 4) is 0 Å². The highest BCUT2D eigenvalue weighted by Gasteiger charge is 2.22. The van der Waals surface area contributed by atoms with Crippen molar-refractivity contribution in [3.05, 3.63) is 36.2 Å². The summed E-state index contributed by atoms with van der Waals surface area (Å²) in [6, 6.07) is 7.43. The number of amides is 2. The Morgan fingerprint density at radius 3 is 2.72 bits per heavy atom. The van der Waals surface area contributed by atoms with Crippen molar-refractivity contribution in [1.29, 1.82) is 0 Å². The predicted molar refractivity (Wildman–Crippen MR) is 92.1 cm³/mol. The summed E-state index contributed by atoms with van der Waals surface area (Å²) in [4.78, 5) is 30.3. The van der Waals surface area contributed by atoms with Gasteiger partial charge in [-0.05, 0) is 37.8 Å². The summed E-state index contributed by atoms with van der Waals surface area (Å²) in [5.74, 6) is 0.738. The third kappa shape index (κ3) is 4.56. The first kappa shape index (κ1) is 16.9. The number of hydrogen-bond donors (Lipinski definition) is 2. The maximum Gasteiger partial charge on any atom is 0.314 e. The quantitative estimate of drug-likeness (QED) is 0.813. The zero-order valence-electron chi connectivity index (χ0n) is 14.1. The van der Waals surface area contributed by atoms with E-state index in [-0.39, 0.29) is 5.82 Å². The van der Waals surface area contributed by atoms with Gasteiger partial charge in [-0.1, -0.05) is 11.2 Å². The molecule has 25 heavy (non-hydrogen) atoms. The predicted octanol–water partition coefficient (Wildman–Crippen LogP) is 1.35. The lowest BCUT2D eigenvalue weighted by Gasteiger charge is -2.32. The van der Waals surface area contributed by atoms with E-state index in [9.17, 15) is 9.59 Å². The second-order valence-corrected chi connectivity index (χ2v) is 6.11. The second kappa shape index (κ2) is 7.78. The Kier molecular flexibility index (Phi) is 5.27. The molecule has 1 aliphatic heterocycles. The highest BCUT2D eigenvalue weighted by atomic mass is 16.5. The lowest BCUT2D eigenvalue weighted by atomic mass is 9.97. The Morgan fingerprint density at radius 1 is 1.28 bits per heavy atom. The van der Waals surface area contributed by atoms with Gasteiger partial charge in [-0.3, -0.25) is 14.9 Å². The summed E-state index contributed by atoms with van der Waals surface area (Å²) >= 11 is 0. The maximum atomic E-state index is 11.9. The van der Waals surface area contributed by atoms with Crippen LogP contribution in [0.15, 0.2) is 35.0 Å². The minimum Gasteiger partial charge on any atom is -0.360 e. The average Bonchev–Trinajstić information content (AvgIpc) is 3.05. The van der Waals surface area contributed by atoms with Crippen LogP contribution < -0.4 is 15.5 Å². The van der Waals surface area contributed by atoms with E-state index in [1.165, 1.54) is 0 Å². The lowest BCUT2D eigenvalue weighted by Crippen LogP contribution is -2.42. The number of nitrogens with one attached hydrogen (secondary N) is 2. The SMILES string of the molecule is Cc1cc(NC(=O)C(=O)NCC2CCN(c3ccccn3)CC2)no1. The highest BCUT2D eigenvalue weighted by Crippen LogP contribution is 2.20. The van der Waals surface area contributed by atoms with Crippen LogP contribution in [0.1, 0.15) is 18.6 Å². The zero-order valence-corrected chi connectivity index (χ0v) is 14.1. The molecule has 2 aromatic rings. The largest absolute Gasteiger partial charge is 0.360 e. The first-order valence-corrected chi connectivity index (χ1v) is 8.30. The average molecular weight is 343 g/mol. The summed E-state index contributed by atoms with van der Waals surface area (Å²) in [7, 11) is 0. The van der Waals surface area contributed by atoms with Crippen LogP contribution >= 0.6 is 0 Å². The zero-order chi connectivity index (χ0) is 17.6. The van der Waals surface area contributed by atoms with Crippen LogP contribution in [0.2, 0.25) is 0 Å². The van der Waals surface area contributed by atoms with Crippen molar-refractivity contribution in [3.63, 3.8) is 0 Å². The normalized spacial score (nSPS) is 15.0. The molecule has 1 aliphatic rings. The van der Waals surface area contributed by atoms with Crippen LogP contribution in [0, 0.1) is 12.8 Å². The molecular formula is C17H21N5O3. The van der Waals surface area contributed by atoms with E-state index >= 15 is 0 Å². The molecule has 1 fully saturated rings. The van der Waals surface area contributed by atoms with Crippen molar-refractivity contribution < 1.29 is 14.1 Å². The Bertz CT molecular complexity index is 723. The van der Waals surface area contributed by atoms with Crippen molar-refractivity contribution in [1.82, 2.24) is 15.5 Å². The summed E-state index contributed by atoms with van der Waals surface area (Å²) in [6.07, 6.45) is 3.68. The molecule has 3 heterocycles. The number of piperidine rings is 1. The molecule has 0 bridgehead atoms. The van der Waals surface area contributed by atoms with E-state index in [0.29, 0.717) is 18.2 Å². The minimum atomic E-state index is -0.737. The second-order valence-electron chi connectivity index (χ2n) is 6.11. The van der Waals surface area contributed by atoms with Gasteiger partial charge in [-0.15, -0.1) is 0 Å². The summed E-state index contributed by atoms with van der Waals surface area (Å²) < 4.78 is 4.84. The fourth-order valence-electron chi connectivity index (χ4n) is 2.82. The standard InChI is InChI=1S/C17H21N5O3/c1-12-10-14(21-25-12)20-17(24)16(23)19-11-13-5-8-22(9-6-13)15-4-2-3-7-18-15/h2-4,7,10,13H,5-6,8-9,11H2,1H3,(H,19,23)(H,20,21,24). The van der Waals surface area contributed by atoms with Gasteiger partial charge in [0.25, 0.3) is 0 Å². The molecule has 0 spiro atoms. The highest BCUT2D eigenvalue weighted by molar-refractivity contribution is 6.39. The number of nitrogens with zero attached hydrogens (tertiary/aromatic N) is 3. The van der Waals surface area contributed by atoms with Crippen molar-refractivity contribution in [2.24, 2.45) is 5.92 Å². The number of carbonyl (C=O) groups excluding carboxylic acids is 2. The number of hydrogen-bond acceptors (Lipinski definition) is 6. The molecule has 0 saturated carbocycles. The van der Waals surface area contributed by atoms with Crippen molar-refractivity contribution in [2.45, 2.75) is 19.8 Å². The number of pyridine rings is 1. The van der Waals surface area contributed by atoms with Crippen molar-refractivity contribution >= 4 is 23.5 Å². The van der Waals surface area contributed by atoms with Gasteiger partial charge >= 0.3 is 11.8 Å². The first-order chi connectivity index (χ1) is 12.1. The van der Waals surface area contributed by atoms with E-state index < -0.39 is 11.8 Å². The van der Waals surface area contributed by atoms with Gasteiger partial charge in [0.05, 0.1) is 0 Å². The van der Waals surface area contributed by atoms with Gasteiger partial charge in [-0.2, -0.15) is 0 Å². The van der Waals surface area contributed by atoms with Crippen LogP contribution in [0.4, 0.5) is 11.6 Å². The molecule has 2 amide bonds. The van der Waals surface area contributed by atoms with E-state index in [4.69, 9.17) is 4.52 Å². The third-order valence-electron chi connectivity index (χ3n) is 4.21. The Morgan fingerprint density at radius 2 is 2.08 bits per heavy atom. The molecule has 2 N–H and O–H groups in total. The van der Waals surface area contributed by atoms with Gasteiger partial charge in [0.1, 0.15) is 11.6 Å². The molecule has 8 nitrogen and oxygen atoms in total. The Hall–Kier alpha value is -2.90. The number of anilines is 2. The Labute approximate surface area is 145 Å². The molecule has 0 unspecified atom stereocenters. The number of rotatable bonds is 4. The minimum absolute atomic E-state index is 0.237. The molecule has 3 rings (SSSR count). The summed E-state index contributed by atoms with van der Waals surface area (Å²) in [5.41, 5.74) is 0. The lowest BCUT2D eigenvalue weighted by molar-refractivity contribution is -0.136. The molecule has 0 radical (unpaired) electrons. The van der Waals surface area contributed by atoms with Gasteiger partial charge in [0.2, 0.25) is 0 Å². The molecule has 0 atom stereocenters. The molecule has 132 valence electrons. The molecule has 2 aromatic heterocycles. The van der Waals surface area contributed by atoms with Gasteiger partial charge < -0.3 is 14.7 Å². The summed E-state index contributed by atoms with van der Waals surface area (Å²) in [6.45, 7) is 3.98. The number of carbonyl (C=O) groups is 2. The monoisotopic (exact) mass is 343 g/mol. The molecule has 0 aliphatic carbocycles. The first-order valence-electron chi connectivity index (χ1n) is 8.30. The third-order valence-corrected chi connectivity index (χ3v) is 4.21. The van der Waals surface area contributed by atoms with Crippen LogP contribution in [-0.2, 0) is 9.59 Å². The van der Waals surface area contributed by atoms with E-state index in [1.54, 1.807) is 19.2 Å². The fourth-order valence-corrected chi connectivity index (χ4v) is 2.82.